The van der Waals surface area contributed by atoms with Crippen LogP contribution < -0.4 is 0 Å². The highest BCUT2D eigenvalue weighted by atomic mass is 16.5. The van der Waals surface area contributed by atoms with Gasteiger partial charge in [-0.3, -0.25) is 9.78 Å². The predicted octanol–water partition coefficient (Wildman–Crippen LogP) is 4.66. The molecule has 0 saturated heterocycles. The van der Waals surface area contributed by atoms with E-state index in [4.69, 9.17) is 4.74 Å². The molecule has 3 aromatic rings. The minimum Gasteiger partial charge on any atom is -0.465 e. The standard InChI is InChI=1S/C23H26N2O3/c1-5-8-19-21(22(26)15(2)3)18-11-10-16(23(27)28-4)13-20(18)25(19)14-17-9-6-7-12-24-17/h6-7,9-13,15H,5,8,14H2,1-4H3. The number of ketones is 1. The van der Waals surface area contributed by atoms with Gasteiger partial charge in [0.2, 0.25) is 0 Å². The quantitative estimate of drug-likeness (QED) is 0.443. The molecule has 0 amide bonds. The average Bonchev–Trinajstić information content (AvgIpc) is 3.00. The minimum atomic E-state index is -0.388. The van der Waals surface area contributed by atoms with Gasteiger partial charge in [0, 0.05) is 28.8 Å². The fourth-order valence-electron chi connectivity index (χ4n) is 3.54. The van der Waals surface area contributed by atoms with Gasteiger partial charge in [0.1, 0.15) is 0 Å². The number of esters is 1. The molecule has 0 aliphatic heterocycles. The normalized spacial score (nSPS) is 11.2. The highest BCUT2D eigenvalue weighted by Crippen LogP contribution is 2.31. The second kappa shape index (κ2) is 8.38. The van der Waals surface area contributed by atoms with Crippen molar-refractivity contribution in [3.05, 3.63) is 65.1 Å². The molecule has 0 N–H and O–H groups in total. The molecular weight excluding hydrogens is 352 g/mol. The van der Waals surface area contributed by atoms with E-state index in [2.05, 4.69) is 16.5 Å². The van der Waals surface area contributed by atoms with Crippen molar-refractivity contribution in [1.82, 2.24) is 9.55 Å². The number of ether oxygens (including phenoxy) is 1. The first-order chi connectivity index (χ1) is 13.5. The van der Waals surface area contributed by atoms with Crippen LogP contribution in [0.15, 0.2) is 42.6 Å². The number of pyridine rings is 1. The highest BCUT2D eigenvalue weighted by molar-refractivity contribution is 6.11. The van der Waals surface area contributed by atoms with Crippen molar-refractivity contribution >= 4 is 22.7 Å². The van der Waals surface area contributed by atoms with Crippen LogP contribution in [0.5, 0.6) is 0 Å². The van der Waals surface area contributed by atoms with Crippen LogP contribution in [0.4, 0.5) is 0 Å². The molecule has 0 aliphatic rings. The van der Waals surface area contributed by atoms with Crippen LogP contribution >= 0.6 is 0 Å². The lowest BCUT2D eigenvalue weighted by atomic mass is 9.96. The number of carbonyl (C=O) groups excluding carboxylic acids is 2. The number of rotatable bonds is 7. The lowest BCUT2D eigenvalue weighted by Crippen LogP contribution is -2.12. The molecule has 146 valence electrons. The number of methoxy groups -OCH3 is 1. The maximum atomic E-state index is 13.1. The second-order valence-electron chi connectivity index (χ2n) is 7.22. The summed E-state index contributed by atoms with van der Waals surface area (Å²) in [4.78, 5) is 29.6. The Morgan fingerprint density at radius 3 is 2.57 bits per heavy atom. The number of fused-ring (bicyclic) bond motifs is 1. The number of benzene rings is 1. The van der Waals surface area contributed by atoms with Crippen molar-refractivity contribution in [2.24, 2.45) is 5.92 Å². The fourth-order valence-corrected chi connectivity index (χ4v) is 3.54. The second-order valence-corrected chi connectivity index (χ2v) is 7.22. The van der Waals surface area contributed by atoms with Crippen molar-refractivity contribution in [3.8, 4) is 0 Å². The molecule has 0 saturated carbocycles. The van der Waals surface area contributed by atoms with Crippen molar-refractivity contribution in [2.75, 3.05) is 7.11 Å². The summed E-state index contributed by atoms with van der Waals surface area (Å²) in [6.45, 7) is 6.49. The Morgan fingerprint density at radius 1 is 1.18 bits per heavy atom. The van der Waals surface area contributed by atoms with E-state index >= 15 is 0 Å². The van der Waals surface area contributed by atoms with Gasteiger partial charge in [-0.2, -0.15) is 0 Å². The third kappa shape index (κ3) is 3.70. The van der Waals surface area contributed by atoms with E-state index < -0.39 is 0 Å². The minimum absolute atomic E-state index is 0.107. The molecule has 0 radical (unpaired) electrons. The van der Waals surface area contributed by atoms with Gasteiger partial charge in [-0.25, -0.2) is 4.79 Å². The maximum absolute atomic E-state index is 13.1. The zero-order valence-corrected chi connectivity index (χ0v) is 16.9. The first-order valence-electron chi connectivity index (χ1n) is 9.65. The first-order valence-corrected chi connectivity index (χ1v) is 9.65. The van der Waals surface area contributed by atoms with Crippen molar-refractivity contribution in [2.45, 2.75) is 40.2 Å². The van der Waals surface area contributed by atoms with Crippen LogP contribution in [0.25, 0.3) is 10.9 Å². The molecule has 0 spiro atoms. The SMILES string of the molecule is CCCc1c(C(=O)C(C)C)c2ccc(C(=O)OC)cc2n1Cc1ccccn1. The number of aromatic nitrogens is 2. The van der Waals surface area contributed by atoms with E-state index in [1.54, 1.807) is 12.3 Å². The topological polar surface area (TPSA) is 61.2 Å². The van der Waals surface area contributed by atoms with E-state index in [1.807, 2.05) is 44.2 Å². The van der Waals surface area contributed by atoms with E-state index in [0.29, 0.717) is 12.1 Å². The Balaban J connectivity index is 2.30. The van der Waals surface area contributed by atoms with Crippen LogP contribution in [0.3, 0.4) is 0 Å². The Labute approximate surface area is 165 Å². The number of carbonyl (C=O) groups is 2. The van der Waals surface area contributed by atoms with Gasteiger partial charge in [-0.05, 0) is 30.7 Å². The monoisotopic (exact) mass is 378 g/mol. The highest BCUT2D eigenvalue weighted by Gasteiger charge is 2.24. The van der Waals surface area contributed by atoms with Gasteiger partial charge in [0.05, 0.1) is 30.4 Å². The van der Waals surface area contributed by atoms with Gasteiger partial charge < -0.3 is 9.30 Å². The molecule has 0 atom stereocenters. The Bertz CT molecular complexity index is 1000. The lowest BCUT2D eigenvalue weighted by molar-refractivity contribution is 0.0600. The van der Waals surface area contributed by atoms with Crippen molar-refractivity contribution in [1.29, 1.82) is 0 Å². The van der Waals surface area contributed by atoms with Crippen LogP contribution in [-0.4, -0.2) is 28.4 Å². The number of Topliss-reactive ketones (excluding diaryl/α,β-unsaturated/α-hetero) is 1. The molecule has 3 rings (SSSR count). The molecule has 0 fully saturated rings. The molecule has 2 heterocycles. The smallest absolute Gasteiger partial charge is 0.337 e. The predicted molar refractivity (Wildman–Crippen MR) is 110 cm³/mol. The van der Waals surface area contributed by atoms with E-state index in [-0.39, 0.29) is 17.7 Å². The molecule has 0 bridgehead atoms. The van der Waals surface area contributed by atoms with Crippen molar-refractivity contribution < 1.29 is 14.3 Å². The fraction of sp³-hybridized carbons (Fsp3) is 0.348. The Kier molecular flexibility index (Phi) is 5.93. The summed E-state index contributed by atoms with van der Waals surface area (Å²) in [5.41, 5.74) is 4.01. The third-order valence-electron chi connectivity index (χ3n) is 4.90. The number of hydrogen-bond donors (Lipinski definition) is 0. The summed E-state index contributed by atoms with van der Waals surface area (Å²) in [7, 11) is 1.37. The molecule has 5 nitrogen and oxygen atoms in total. The van der Waals surface area contributed by atoms with Gasteiger partial charge in [0.25, 0.3) is 0 Å². The van der Waals surface area contributed by atoms with E-state index in [0.717, 1.165) is 40.7 Å². The van der Waals surface area contributed by atoms with Gasteiger partial charge >= 0.3 is 5.97 Å². The molecule has 1 aromatic carbocycles. The molecular formula is C23H26N2O3. The van der Waals surface area contributed by atoms with Crippen LogP contribution in [-0.2, 0) is 17.7 Å². The molecule has 0 aliphatic carbocycles. The first kappa shape index (κ1) is 19.8. The average molecular weight is 378 g/mol. The third-order valence-corrected chi connectivity index (χ3v) is 4.90. The summed E-state index contributed by atoms with van der Waals surface area (Å²) < 4.78 is 7.01. The maximum Gasteiger partial charge on any atom is 0.337 e. The van der Waals surface area contributed by atoms with E-state index in [1.165, 1.54) is 7.11 Å². The largest absolute Gasteiger partial charge is 0.465 e. The molecule has 28 heavy (non-hydrogen) atoms. The number of hydrogen-bond acceptors (Lipinski definition) is 4. The Morgan fingerprint density at radius 2 is 1.96 bits per heavy atom. The van der Waals surface area contributed by atoms with Gasteiger partial charge in [0.15, 0.2) is 5.78 Å². The summed E-state index contributed by atoms with van der Waals surface area (Å²) in [5.74, 6) is -0.370. The summed E-state index contributed by atoms with van der Waals surface area (Å²) >= 11 is 0. The van der Waals surface area contributed by atoms with Crippen LogP contribution in [0.1, 0.15) is 59.3 Å². The summed E-state index contributed by atoms with van der Waals surface area (Å²) in [6.07, 6.45) is 3.46. The zero-order chi connectivity index (χ0) is 20.3. The molecule has 2 aromatic heterocycles. The van der Waals surface area contributed by atoms with Crippen LogP contribution in [0.2, 0.25) is 0 Å². The van der Waals surface area contributed by atoms with Gasteiger partial charge in [-0.1, -0.05) is 39.3 Å². The van der Waals surface area contributed by atoms with Crippen LogP contribution in [0, 0.1) is 5.92 Å². The summed E-state index contributed by atoms with van der Waals surface area (Å²) in [6, 6.07) is 11.2. The molecule has 5 heteroatoms. The zero-order valence-electron chi connectivity index (χ0n) is 16.9. The van der Waals surface area contributed by atoms with Gasteiger partial charge in [-0.15, -0.1) is 0 Å². The lowest BCUT2D eigenvalue weighted by Gasteiger charge is -2.12. The summed E-state index contributed by atoms with van der Waals surface area (Å²) in [5, 5.41) is 0.880. The van der Waals surface area contributed by atoms with E-state index in [9.17, 15) is 9.59 Å². The molecule has 0 unspecified atom stereocenters. The Hall–Kier alpha value is -2.95. The number of nitrogens with zero attached hydrogens (tertiary/aromatic N) is 2. The van der Waals surface area contributed by atoms with Crippen molar-refractivity contribution in [3.63, 3.8) is 0 Å².